The van der Waals surface area contributed by atoms with Crippen molar-refractivity contribution in [3.05, 3.63) is 22.4 Å². The fourth-order valence-electron chi connectivity index (χ4n) is 2.48. The average molecular weight is 353 g/mol. The molecule has 0 saturated carbocycles. The summed E-state index contributed by atoms with van der Waals surface area (Å²) in [7, 11) is 0. The summed E-state index contributed by atoms with van der Waals surface area (Å²) < 4.78 is 5.39. The molecular formula is C17H27N3O3S. The summed E-state index contributed by atoms with van der Waals surface area (Å²) in [5.74, 6) is -0.00834. The highest BCUT2D eigenvalue weighted by molar-refractivity contribution is 7.08. The molecule has 2 amide bonds. The van der Waals surface area contributed by atoms with E-state index in [-0.39, 0.29) is 12.0 Å². The Morgan fingerprint density at radius 1 is 1.25 bits per heavy atom. The highest BCUT2D eigenvalue weighted by Gasteiger charge is 2.25. The quantitative estimate of drug-likeness (QED) is 0.826. The molecule has 1 aliphatic heterocycles. The Hall–Kier alpha value is -1.60. The molecule has 1 N–H and O–H groups in total. The molecule has 24 heavy (non-hydrogen) atoms. The first-order valence-corrected chi connectivity index (χ1v) is 9.30. The number of carbonyl (C=O) groups excluding carboxylic acids is 2. The van der Waals surface area contributed by atoms with Crippen LogP contribution in [-0.4, -0.2) is 66.7 Å². The SMILES string of the molecule is CC(C)(C)OC(=O)N1CCN(CCCNC(=O)c2ccsc2)CC1. The Morgan fingerprint density at radius 2 is 1.96 bits per heavy atom. The number of thiophene rings is 1. The number of piperazine rings is 1. The standard InChI is InChI=1S/C17H27N3O3S/c1-17(2,3)23-16(22)20-10-8-19(9-11-20)7-4-6-18-15(21)14-5-12-24-13-14/h5,12-13H,4,6-11H2,1-3H3,(H,18,21). The van der Waals surface area contributed by atoms with Crippen LogP contribution in [0.15, 0.2) is 16.8 Å². The molecule has 0 atom stereocenters. The van der Waals surface area contributed by atoms with Crippen molar-refractivity contribution in [3.8, 4) is 0 Å². The number of nitrogens with zero attached hydrogens (tertiary/aromatic N) is 2. The molecule has 0 aliphatic carbocycles. The van der Waals surface area contributed by atoms with Gasteiger partial charge >= 0.3 is 6.09 Å². The van der Waals surface area contributed by atoms with Crippen LogP contribution in [0, 0.1) is 0 Å². The summed E-state index contributed by atoms with van der Waals surface area (Å²) in [6.07, 6.45) is 0.674. The van der Waals surface area contributed by atoms with Gasteiger partial charge in [-0.2, -0.15) is 11.3 Å². The lowest BCUT2D eigenvalue weighted by molar-refractivity contribution is 0.0144. The van der Waals surface area contributed by atoms with Gasteiger partial charge in [-0.25, -0.2) is 4.79 Å². The maximum atomic E-state index is 12.0. The van der Waals surface area contributed by atoms with Crippen LogP contribution in [0.2, 0.25) is 0 Å². The summed E-state index contributed by atoms with van der Waals surface area (Å²) >= 11 is 1.52. The van der Waals surface area contributed by atoms with Crippen molar-refractivity contribution in [2.24, 2.45) is 0 Å². The lowest BCUT2D eigenvalue weighted by atomic mass is 10.2. The number of hydrogen-bond donors (Lipinski definition) is 1. The van der Waals surface area contributed by atoms with Gasteiger partial charge in [-0.1, -0.05) is 0 Å². The molecule has 7 heteroatoms. The van der Waals surface area contributed by atoms with Gasteiger partial charge in [0.15, 0.2) is 0 Å². The summed E-state index contributed by atoms with van der Waals surface area (Å²) in [5.41, 5.74) is 0.278. The van der Waals surface area contributed by atoms with E-state index in [4.69, 9.17) is 4.74 Å². The monoisotopic (exact) mass is 353 g/mol. The normalized spacial score (nSPS) is 16.0. The largest absolute Gasteiger partial charge is 0.444 e. The second kappa shape index (κ2) is 8.48. The van der Waals surface area contributed by atoms with E-state index in [0.29, 0.717) is 19.6 Å². The summed E-state index contributed by atoms with van der Waals surface area (Å²) in [6, 6.07) is 1.83. The number of carbonyl (C=O) groups is 2. The lowest BCUT2D eigenvalue weighted by Crippen LogP contribution is -2.50. The highest BCUT2D eigenvalue weighted by Crippen LogP contribution is 2.12. The summed E-state index contributed by atoms with van der Waals surface area (Å²) in [4.78, 5) is 27.9. The van der Waals surface area contributed by atoms with Crippen molar-refractivity contribution < 1.29 is 14.3 Å². The van der Waals surface area contributed by atoms with E-state index in [9.17, 15) is 9.59 Å². The van der Waals surface area contributed by atoms with Gasteiger partial charge < -0.3 is 15.0 Å². The molecule has 0 bridgehead atoms. The Bertz CT molecular complexity index is 532. The first-order chi connectivity index (χ1) is 11.3. The van der Waals surface area contributed by atoms with Crippen LogP contribution < -0.4 is 5.32 Å². The second-order valence-electron chi connectivity index (χ2n) is 6.93. The van der Waals surface area contributed by atoms with Gasteiger partial charge in [-0.15, -0.1) is 0 Å². The maximum Gasteiger partial charge on any atom is 0.410 e. The number of nitrogens with one attached hydrogen (secondary N) is 1. The third-order valence-electron chi connectivity index (χ3n) is 3.74. The number of hydrogen-bond acceptors (Lipinski definition) is 5. The molecule has 1 saturated heterocycles. The third-order valence-corrected chi connectivity index (χ3v) is 4.43. The molecule has 2 heterocycles. The molecule has 6 nitrogen and oxygen atoms in total. The molecule has 1 aromatic heterocycles. The Balaban J connectivity index is 1.60. The van der Waals surface area contributed by atoms with Gasteiger partial charge in [-0.3, -0.25) is 9.69 Å². The topological polar surface area (TPSA) is 61.9 Å². The van der Waals surface area contributed by atoms with Crippen molar-refractivity contribution in [2.75, 3.05) is 39.3 Å². The van der Waals surface area contributed by atoms with Gasteiger partial charge in [0.25, 0.3) is 5.91 Å². The molecule has 0 spiro atoms. The van der Waals surface area contributed by atoms with E-state index >= 15 is 0 Å². The van der Waals surface area contributed by atoms with E-state index in [0.717, 1.165) is 31.6 Å². The molecule has 2 rings (SSSR count). The van der Waals surface area contributed by atoms with E-state index in [1.165, 1.54) is 11.3 Å². The van der Waals surface area contributed by atoms with Crippen molar-refractivity contribution in [1.29, 1.82) is 0 Å². The number of amides is 2. The van der Waals surface area contributed by atoms with Crippen molar-refractivity contribution >= 4 is 23.3 Å². The minimum absolute atomic E-state index is 0.00834. The molecule has 0 unspecified atom stereocenters. The molecule has 1 aromatic rings. The predicted molar refractivity (Wildman–Crippen MR) is 95.5 cm³/mol. The molecule has 134 valence electrons. The van der Waals surface area contributed by atoms with E-state index < -0.39 is 5.60 Å². The van der Waals surface area contributed by atoms with Crippen LogP contribution in [0.25, 0.3) is 0 Å². The zero-order valence-electron chi connectivity index (χ0n) is 14.7. The van der Waals surface area contributed by atoms with Crippen molar-refractivity contribution in [2.45, 2.75) is 32.8 Å². The maximum absolute atomic E-state index is 12.0. The predicted octanol–water partition coefficient (Wildman–Crippen LogP) is 2.42. The van der Waals surface area contributed by atoms with E-state index in [1.807, 2.05) is 37.6 Å². The van der Waals surface area contributed by atoms with Crippen LogP contribution in [0.3, 0.4) is 0 Å². The number of rotatable bonds is 5. The van der Waals surface area contributed by atoms with E-state index in [2.05, 4.69) is 10.2 Å². The van der Waals surface area contributed by atoms with Crippen LogP contribution in [0.1, 0.15) is 37.6 Å². The smallest absolute Gasteiger partial charge is 0.410 e. The highest BCUT2D eigenvalue weighted by atomic mass is 32.1. The third kappa shape index (κ3) is 6.13. The van der Waals surface area contributed by atoms with Crippen LogP contribution in [0.5, 0.6) is 0 Å². The second-order valence-corrected chi connectivity index (χ2v) is 7.71. The first-order valence-electron chi connectivity index (χ1n) is 8.36. The lowest BCUT2D eigenvalue weighted by Gasteiger charge is -2.35. The molecule has 1 fully saturated rings. The van der Waals surface area contributed by atoms with Gasteiger partial charge in [0.1, 0.15) is 5.60 Å². The Labute approximate surface area is 147 Å². The summed E-state index contributed by atoms with van der Waals surface area (Å²) in [6.45, 7) is 10.3. The summed E-state index contributed by atoms with van der Waals surface area (Å²) in [5, 5.41) is 6.69. The Kier molecular flexibility index (Phi) is 6.62. The van der Waals surface area contributed by atoms with E-state index in [1.54, 1.807) is 4.90 Å². The fraction of sp³-hybridized carbons (Fsp3) is 0.647. The first kappa shape index (κ1) is 18.7. The zero-order chi connectivity index (χ0) is 17.6. The molecule has 0 aromatic carbocycles. The van der Waals surface area contributed by atoms with Crippen LogP contribution in [-0.2, 0) is 4.74 Å². The van der Waals surface area contributed by atoms with Gasteiger partial charge in [-0.05, 0) is 45.2 Å². The Morgan fingerprint density at radius 3 is 2.54 bits per heavy atom. The van der Waals surface area contributed by atoms with Gasteiger partial charge in [0.2, 0.25) is 0 Å². The number of ether oxygens (including phenoxy) is 1. The molecule has 0 radical (unpaired) electrons. The zero-order valence-corrected chi connectivity index (χ0v) is 15.5. The van der Waals surface area contributed by atoms with Gasteiger partial charge in [0.05, 0.1) is 0 Å². The minimum atomic E-state index is -0.450. The van der Waals surface area contributed by atoms with Crippen LogP contribution in [0.4, 0.5) is 4.79 Å². The average Bonchev–Trinajstić information content (AvgIpc) is 3.04. The van der Waals surface area contributed by atoms with Crippen molar-refractivity contribution in [1.82, 2.24) is 15.1 Å². The molecular weight excluding hydrogens is 326 g/mol. The fourth-order valence-corrected chi connectivity index (χ4v) is 3.12. The minimum Gasteiger partial charge on any atom is -0.444 e. The van der Waals surface area contributed by atoms with Crippen molar-refractivity contribution in [3.63, 3.8) is 0 Å². The van der Waals surface area contributed by atoms with Crippen LogP contribution >= 0.6 is 11.3 Å². The molecule has 1 aliphatic rings. The van der Waals surface area contributed by atoms with Gasteiger partial charge in [0, 0.05) is 43.7 Å².